The number of thiazole rings is 1. The summed E-state index contributed by atoms with van der Waals surface area (Å²) in [6.07, 6.45) is 0. The van der Waals surface area contributed by atoms with E-state index < -0.39 is 11.5 Å². The topological polar surface area (TPSA) is 72.2 Å². The van der Waals surface area contributed by atoms with Crippen molar-refractivity contribution in [3.8, 4) is 22.9 Å². The second kappa shape index (κ2) is 7.99. The molecule has 1 atom stereocenters. The number of hydrogen-bond acceptors (Lipinski definition) is 6. The van der Waals surface area contributed by atoms with Gasteiger partial charge in [-0.05, 0) is 57.5 Å². The van der Waals surface area contributed by atoms with E-state index in [2.05, 4.69) is 11.1 Å². The summed E-state index contributed by atoms with van der Waals surface area (Å²) in [6, 6.07) is 13.3. The highest BCUT2D eigenvalue weighted by molar-refractivity contribution is 7.16. The van der Waals surface area contributed by atoms with Crippen LogP contribution < -0.4 is 4.74 Å². The Labute approximate surface area is 168 Å². The number of carbonyl (C=O) groups excluding carboxylic acids is 1. The van der Waals surface area contributed by atoms with Gasteiger partial charge in [-0.15, -0.1) is 11.3 Å². The molecule has 0 saturated carbocycles. The molecule has 0 aliphatic carbocycles. The van der Waals surface area contributed by atoms with E-state index in [0.29, 0.717) is 11.3 Å². The second-order valence-corrected chi connectivity index (χ2v) is 8.46. The number of nitriles is 1. The zero-order valence-electron chi connectivity index (χ0n) is 16.4. The normalized spacial score (nSPS) is 12.4. The van der Waals surface area contributed by atoms with E-state index in [1.165, 1.54) is 0 Å². The smallest absolute Gasteiger partial charge is 0.312 e. The minimum absolute atomic E-state index is 0.202. The van der Waals surface area contributed by atoms with Gasteiger partial charge in [0.15, 0.2) is 0 Å². The van der Waals surface area contributed by atoms with Crippen molar-refractivity contribution in [3.63, 3.8) is 0 Å². The van der Waals surface area contributed by atoms with Crippen molar-refractivity contribution < 1.29 is 14.3 Å². The van der Waals surface area contributed by atoms with Crippen LogP contribution in [0.2, 0.25) is 0 Å². The molecule has 0 aliphatic heterocycles. The monoisotopic (exact) mass is 394 g/mol. The van der Waals surface area contributed by atoms with Crippen molar-refractivity contribution >= 4 is 27.5 Å². The average molecular weight is 394 g/mol. The molecule has 144 valence electrons. The van der Waals surface area contributed by atoms with E-state index in [9.17, 15) is 4.79 Å². The van der Waals surface area contributed by atoms with Gasteiger partial charge in [0, 0.05) is 0 Å². The molecule has 0 radical (unpaired) electrons. The molecular weight excluding hydrogens is 372 g/mol. The van der Waals surface area contributed by atoms with Crippen LogP contribution in [-0.2, 0) is 9.53 Å². The van der Waals surface area contributed by atoms with Crippen LogP contribution in [0.4, 0.5) is 0 Å². The molecule has 0 saturated heterocycles. The summed E-state index contributed by atoms with van der Waals surface area (Å²) in [5.41, 5.74) is 4.48. The summed E-state index contributed by atoms with van der Waals surface area (Å²) in [7, 11) is 0. The first-order valence-corrected chi connectivity index (χ1v) is 9.89. The summed E-state index contributed by atoms with van der Waals surface area (Å²) in [5.74, 6) is -0.0418. The highest BCUT2D eigenvalue weighted by Crippen LogP contribution is 2.38. The van der Waals surface area contributed by atoms with Gasteiger partial charge in [-0.25, -0.2) is 4.98 Å². The average Bonchev–Trinajstić information content (AvgIpc) is 3.13. The van der Waals surface area contributed by atoms with Gasteiger partial charge < -0.3 is 9.47 Å². The first-order chi connectivity index (χ1) is 13.3. The third kappa shape index (κ3) is 4.49. The van der Waals surface area contributed by atoms with Gasteiger partial charge in [-0.3, -0.25) is 4.79 Å². The third-order valence-electron chi connectivity index (χ3n) is 4.06. The number of esters is 1. The standard InChI is InChI=1S/C22H22N2O3S/c1-14(21(25)27-22(2,3)4)12-26-17-9-10-18-20(24-13-28-18)19(17)16-7-5-15(11-23)6-8-16/h5-10,13-14H,12H2,1-4H3. The van der Waals surface area contributed by atoms with Crippen molar-refractivity contribution in [3.05, 3.63) is 47.5 Å². The molecule has 0 bridgehead atoms. The number of ether oxygens (including phenoxy) is 2. The molecule has 28 heavy (non-hydrogen) atoms. The number of hydrogen-bond donors (Lipinski definition) is 0. The van der Waals surface area contributed by atoms with E-state index in [0.717, 1.165) is 21.3 Å². The van der Waals surface area contributed by atoms with Gasteiger partial charge in [-0.2, -0.15) is 5.26 Å². The van der Waals surface area contributed by atoms with Crippen LogP contribution in [-0.4, -0.2) is 23.2 Å². The maximum Gasteiger partial charge on any atom is 0.312 e. The van der Waals surface area contributed by atoms with Gasteiger partial charge >= 0.3 is 5.97 Å². The van der Waals surface area contributed by atoms with Crippen LogP contribution in [0.5, 0.6) is 5.75 Å². The van der Waals surface area contributed by atoms with Gasteiger partial charge in [0.2, 0.25) is 0 Å². The van der Waals surface area contributed by atoms with Crippen molar-refractivity contribution in [2.45, 2.75) is 33.3 Å². The SMILES string of the molecule is CC(COc1ccc2scnc2c1-c1ccc(C#N)cc1)C(=O)OC(C)(C)C. The largest absolute Gasteiger partial charge is 0.492 e. The first-order valence-electron chi connectivity index (χ1n) is 9.01. The Balaban J connectivity index is 1.89. The summed E-state index contributed by atoms with van der Waals surface area (Å²) in [6.45, 7) is 7.53. The predicted octanol–water partition coefficient (Wildman–Crippen LogP) is 5.19. The number of rotatable bonds is 5. The molecule has 3 aromatic rings. The van der Waals surface area contributed by atoms with Gasteiger partial charge in [0.25, 0.3) is 0 Å². The Kier molecular flexibility index (Phi) is 5.66. The Morgan fingerprint density at radius 1 is 1.21 bits per heavy atom. The van der Waals surface area contributed by atoms with Gasteiger partial charge in [0.05, 0.1) is 38.8 Å². The lowest BCUT2D eigenvalue weighted by Gasteiger charge is -2.22. The molecular formula is C22H22N2O3S. The Morgan fingerprint density at radius 3 is 2.57 bits per heavy atom. The summed E-state index contributed by atoms with van der Waals surface area (Å²) >= 11 is 1.56. The maximum atomic E-state index is 12.2. The number of carbonyl (C=O) groups is 1. The molecule has 0 spiro atoms. The van der Waals surface area contributed by atoms with Gasteiger partial charge in [0.1, 0.15) is 18.0 Å². The van der Waals surface area contributed by atoms with E-state index in [1.54, 1.807) is 35.9 Å². The van der Waals surface area contributed by atoms with Crippen molar-refractivity contribution in [1.82, 2.24) is 4.98 Å². The highest BCUT2D eigenvalue weighted by atomic mass is 32.1. The maximum absolute atomic E-state index is 12.2. The fourth-order valence-corrected chi connectivity index (χ4v) is 3.39. The lowest BCUT2D eigenvalue weighted by molar-refractivity contribution is -0.160. The fourth-order valence-electron chi connectivity index (χ4n) is 2.71. The molecule has 0 N–H and O–H groups in total. The highest BCUT2D eigenvalue weighted by Gasteiger charge is 2.23. The fraction of sp³-hybridized carbons (Fsp3) is 0.318. The van der Waals surface area contributed by atoms with E-state index in [4.69, 9.17) is 14.7 Å². The molecule has 0 aliphatic rings. The lowest BCUT2D eigenvalue weighted by atomic mass is 10.0. The number of fused-ring (bicyclic) bond motifs is 1. The molecule has 0 amide bonds. The summed E-state index contributed by atoms with van der Waals surface area (Å²) in [4.78, 5) is 16.7. The van der Waals surface area contributed by atoms with Crippen LogP contribution in [0.1, 0.15) is 33.3 Å². The minimum Gasteiger partial charge on any atom is -0.492 e. The zero-order chi connectivity index (χ0) is 20.3. The number of aromatic nitrogens is 1. The van der Waals surface area contributed by atoms with Crippen LogP contribution in [0.25, 0.3) is 21.3 Å². The molecule has 1 aromatic heterocycles. The number of nitrogens with zero attached hydrogens (tertiary/aromatic N) is 2. The Hall–Kier alpha value is -2.91. The Morgan fingerprint density at radius 2 is 1.93 bits per heavy atom. The Bertz CT molecular complexity index is 1030. The quantitative estimate of drug-likeness (QED) is 0.557. The van der Waals surface area contributed by atoms with Crippen LogP contribution in [0.15, 0.2) is 41.9 Å². The van der Waals surface area contributed by atoms with E-state index in [1.807, 2.05) is 45.0 Å². The van der Waals surface area contributed by atoms with Crippen molar-refractivity contribution in [2.24, 2.45) is 5.92 Å². The molecule has 1 heterocycles. The molecule has 2 aromatic carbocycles. The van der Waals surface area contributed by atoms with Crippen molar-refractivity contribution in [1.29, 1.82) is 5.26 Å². The molecule has 1 unspecified atom stereocenters. The second-order valence-electron chi connectivity index (χ2n) is 7.57. The lowest BCUT2D eigenvalue weighted by Crippen LogP contribution is -2.30. The van der Waals surface area contributed by atoms with E-state index >= 15 is 0 Å². The van der Waals surface area contributed by atoms with Crippen molar-refractivity contribution in [2.75, 3.05) is 6.61 Å². The summed E-state index contributed by atoms with van der Waals surface area (Å²) in [5, 5.41) is 9.04. The van der Waals surface area contributed by atoms with E-state index in [-0.39, 0.29) is 12.6 Å². The molecule has 0 fully saturated rings. The minimum atomic E-state index is -0.529. The zero-order valence-corrected chi connectivity index (χ0v) is 17.2. The first kappa shape index (κ1) is 19.8. The molecule has 3 rings (SSSR count). The third-order valence-corrected chi connectivity index (χ3v) is 4.86. The van der Waals surface area contributed by atoms with Gasteiger partial charge in [-0.1, -0.05) is 12.1 Å². The van der Waals surface area contributed by atoms with Crippen LogP contribution in [0, 0.1) is 17.2 Å². The predicted molar refractivity (Wildman–Crippen MR) is 110 cm³/mol. The number of benzene rings is 2. The molecule has 5 nitrogen and oxygen atoms in total. The summed E-state index contributed by atoms with van der Waals surface area (Å²) < 4.78 is 12.5. The van der Waals surface area contributed by atoms with Crippen LogP contribution >= 0.6 is 11.3 Å². The van der Waals surface area contributed by atoms with Crippen LogP contribution in [0.3, 0.4) is 0 Å². The molecule has 6 heteroatoms.